The number of benzene rings is 1. The van der Waals surface area contributed by atoms with Crippen LogP contribution in [-0.2, 0) is 9.53 Å². The van der Waals surface area contributed by atoms with Crippen molar-refractivity contribution in [2.75, 3.05) is 20.2 Å². The van der Waals surface area contributed by atoms with E-state index in [9.17, 15) is 14.0 Å². The third kappa shape index (κ3) is 2.95. The SMILES string of the molecule is COC(=O)c1sc2cc(F)ccc2c1C1CCN(C(C)=O)CC1. The van der Waals surface area contributed by atoms with Crippen LogP contribution in [0.2, 0.25) is 0 Å². The number of carbonyl (C=O) groups is 2. The minimum absolute atomic E-state index is 0.0777. The zero-order valence-electron chi connectivity index (χ0n) is 13.1. The molecule has 3 rings (SSSR count). The Hall–Kier alpha value is -1.95. The van der Waals surface area contributed by atoms with Gasteiger partial charge in [-0.05, 0) is 41.8 Å². The predicted molar refractivity (Wildman–Crippen MR) is 87.4 cm³/mol. The first-order valence-corrected chi connectivity index (χ1v) is 8.38. The average Bonchev–Trinajstić information content (AvgIpc) is 2.92. The monoisotopic (exact) mass is 335 g/mol. The van der Waals surface area contributed by atoms with Crippen LogP contribution in [0.1, 0.15) is 40.9 Å². The zero-order chi connectivity index (χ0) is 16.6. The summed E-state index contributed by atoms with van der Waals surface area (Å²) in [5.74, 6) is -0.434. The van der Waals surface area contributed by atoms with Crippen molar-refractivity contribution in [2.24, 2.45) is 0 Å². The van der Waals surface area contributed by atoms with Gasteiger partial charge in [-0.3, -0.25) is 4.79 Å². The van der Waals surface area contributed by atoms with Crippen LogP contribution in [0.4, 0.5) is 4.39 Å². The van der Waals surface area contributed by atoms with E-state index in [1.165, 1.54) is 30.6 Å². The molecule has 1 fully saturated rings. The maximum atomic E-state index is 13.5. The van der Waals surface area contributed by atoms with Gasteiger partial charge in [-0.2, -0.15) is 0 Å². The van der Waals surface area contributed by atoms with Gasteiger partial charge in [0.15, 0.2) is 0 Å². The van der Waals surface area contributed by atoms with E-state index in [4.69, 9.17) is 4.74 Å². The van der Waals surface area contributed by atoms with Crippen LogP contribution >= 0.6 is 11.3 Å². The number of hydrogen-bond donors (Lipinski definition) is 0. The standard InChI is InChI=1S/C17H18FNO3S/c1-10(20)19-7-5-11(6-8-19)15-13-4-3-12(18)9-14(13)23-16(15)17(21)22-2/h3-4,9,11H,5-8H2,1-2H3. The van der Waals surface area contributed by atoms with E-state index < -0.39 is 0 Å². The normalized spacial score (nSPS) is 15.9. The summed E-state index contributed by atoms with van der Waals surface area (Å²) in [4.78, 5) is 26.0. The Balaban J connectivity index is 2.01. The lowest BCUT2D eigenvalue weighted by molar-refractivity contribution is -0.129. The zero-order valence-corrected chi connectivity index (χ0v) is 13.9. The van der Waals surface area contributed by atoms with Crippen LogP contribution in [0.25, 0.3) is 10.1 Å². The predicted octanol–water partition coefficient (Wildman–Crippen LogP) is 3.55. The number of esters is 1. The summed E-state index contributed by atoms with van der Waals surface area (Å²) in [7, 11) is 1.36. The second-order valence-electron chi connectivity index (χ2n) is 5.76. The molecular weight excluding hydrogens is 317 g/mol. The Morgan fingerprint density at radius 1 is 1.30 bits per heavy atom. The third-order valence-electron chi connectivity index (χ3n) is 4.41. The molecule has 1 aromatic carbocycles. The lowest BCUT2D eigenvalue weighted by Crippen LogP contribution is -2.36. The largest absolute Gasteiger partial charge is 0.465 e. The number of thiophene rings is 1. The second kappa shape index (κ2) is 6.28. The number of hydrogen-bond acceptors (Lipinski definition) is 4. The molecule has 0 radical (unpaired) electrons. The quantitative estimate of drug-likeness (QED) is 0.789. The highest BCUT2D eigenvalue weighted by Crippen LogP contribution is 2.41. The molecule has 1 aliphatic heterocycles. The van der Waals surface area contributed by atoms with Gasteiger partial charge in [-0.15, -0.1) is 11.3 Å². The Bertz CT molecular complexity index is 763. The molecule has 0 spiro atoms. The van der Waals surface area contributed by atoms with Crippen LogP contribution in [0.5, 0.6) is 0 Å². The van der Waals surface area contributed by atoms with Gasteiger partial charge in [0.1, 0.15) is 10.7 Å². The molecule has 0 unspecified atom stereocenters. The molecule has 6 heteroatoms. The molecule has 0 N–H and O–H groups in total. The highest BCUT2D eigenvalue weighted by atomic mass is 32.1. The summed E-state index contributed by atoms with van der Waals surface area (Å²) in [5, 5.41) is 0.915. The number of methoxy groups -OCH3 is 1. The lowest BCUT2D eigenvalue weighted by atomic mass is 9.87. The van der Waals surface area contributed by atoms with E-state index in [1.807, 2.05) is 4.90 Å². The molecule has 2 heterocycles. The number of nitrogens with zero attached hydrogens (tertiary/aromatic N) is 1. The lowest BCUT2D eigenvalue weighted by Gasteiger charge is -2.31. The first-order valence-electron chi connectivity index (χ1n) is 7.57. The van der Waals surface area contributed by atoms with Gasteiger partial charge in [0, 0.05) is 24.7 Å². The molecule has 23 heavy (non-hydrogen) atoms. The highest BCUT2D eigenvalue weighted by Gasteiger charge is 2.29. The van der Waals surface area contributed by atoms with Crippen LogP contribution in [0, 0.1) is 5.82 Å². The number of halogens is 1. The molecule has 2 aromatic rings. The van der Waals surface area contributed by atoms with Crippen LogP contribution in [-0.4, -0.2) is 37.0 Å². The maximum absolute atomic E-state index is 13.5. The van der Waals surface area contributed by atoms with Crippen molar-refractivity contribution in [3.63, 3.8) is 0 Å². The molecule has 1 aliphatic rings. The van der Waals surface area contributed by atoms with Gasteiger partial charge < -0.3 is 9.64 Å². The fourth-order valence-corrected chi connectivity index (χ4v) is 4.46. The Morgan fingerprint density at radius 2 is 2.00 bits per heavy atom. The maximum Gasteiger partial charge on any atom is 0.348 e. The first-order chi connectivity index (χ1) is 11.0. The number of piperidine rings is 1. The smallest absolute Gasteiger partial charge is 0.348 e. The van der Waals surface area contributed by atoms with Crippen molar-refractivity contribution in [1.29, 1.82) is 0 Å². The van der Waals surface area contributed by atoms with E-state index in [1.54, 1.807) is 13.0 Å². The number of carbonyl (C=O) groups excluding carboxylic acids is 2. The van der Waals surface area contributed by atoms with Gasteiger partial charge in [0.2, 0.25) is 5.91 Å². The van der Waals surface area contributed by atoms with Crippen LogP contribution < -0.4 is 0 Å². The molecule has 1 aromatic heterocycles. The van der Waals surface area contributed by atoms with Crippen molar-refractivity contribution < 1.29 is 18.7 Å². The van der Waals surface area contributed by atoms with E-state index in [0.29, 0.717) is 18.0 Å². The molecule has 1 amide bonds. The summed E-state index contributed by atoms with van der Waals surface area (Å²) >= 11 is 1.28. The van der Waals surface area contributed by atoms with E-state index in [2.05, 4.69) is 0 Å². The van der Waals surface area contributed by atoms with Crippen LogP contribution in [0.3, 0.4) is 0 Å². The van der Waals surface area contributed by atoms with Crippen molar-refractivity contribution >= 4 is 33.3 Å². The van der Waals surface area contributed by atoms with Gasteiger partial charge >= 0.3 is 5.97 Å². The van der Waals surface area contributed by atoms with Gasteiger partial charge in [0.05, 0.1) is 7.11 Å². The Labute approximate surface area is 137 Å². The van der Waals surface area contributed by atoms with Crippen molar-refractivity contribution in [3.05, 3.63) is 34.5 Å². The number of likely N-dealkylation sites (tertiary alicyclic amines) is 1. The van der Waals surface area contributed by atoms with Crippen LogP contribution in [0.15, 0.2) is 18.2 Å². The number of fused-ring (bicyclic) bond motifs is 1. The summed E-state index contributed by atoms with van der Waals surface area (Å²) in [6, 6.07) is 4.62. The number of rotatable bonds is 2. The molecular formula is C17H18FNO3S. The minimum atomic E-state index is -0.379. The fourth-order valence-electron chi connectivity index (χ4n) is 3.22. The van der Waals surface area contributed by atoms with Gasteiger partial charge in [-0.25, -0.2) is 9.18 Å². The summed E-state index contributed by atoms with van der Waals surface area (Å²) in [6.07, 6.45) is 1.60. The van der Waals surface area contributed by atoms with E-state index >= 15 is 0 Å². The van der Waals surface area contributed by atoms with E-state index in [0.717, 1.165) is 28.5 Å². The topological polar surface area (TPSA) is 46.6 Å². The number of ether oxygens (including phenoxy) is 1. The molecule has 0 bridgehead atoms. The molecule has 0 atom stereocenters. The second-order valence-corrected chi connectivity index (χ2v) is 6.81. The first kappa shape index (κ1) is 15.9. The highest BCUT2D eigenvalue weighted by molar-refractivity contribution is 7.21. The van der Waals surface area contributed by atoms with Crippen molar-refractivity contribution in [1.82, 2.24) is 4.90 Å². The summed E-state index contributed by atoms with van der Waals surface area (Å²) in [6.45, 7) is 2.93. The average molecular weight is 335 g/mol. The molecule has 1 saturated heterocycles. The van der Waals surface area contributed by atoms with E-state index in [-0.39, 0.29) is 23.6 Å². The third-order valence-corrected chi connectivity index (χ3v) is 5.56. The number of amides is 1. The molecule has 4 nitrogen and oxygen atoms in total. The molecule has 0 aliphatic carbocycles. The fraction of sp³-hybridized carbons (Fsp3) is 0.412. The van der Waals surface area contributed by atoms with Crippen molar-refractivity contribution in [3.8, 4) is 0 Å². The minimum Gasteiger partial charge on any atom is -0.465 e. The molecule has 0 saturated carbocycles. The molecule has 122 valence electrons. The van der Waals surface area contributed by atoms with Gasteiger partial charge in [-0.1, -0.05) is 6.07 Å². The van der Waals surface area contributed by atoms with Crippen molar-refractivity contribution in [2.45, 2.75) is 25.7 Å². The van der Waals surface area contributed by atoms with Gasteiger partial charge in [0.25, 0.3) is 0 Å². The Morgan fingerprint density at radius 3 is 2.61 bits per heavy atom. The summed E-state index contributed by atoms with van der Waals surface area (Å²) in [5.41, 5.74) is 0.944. The Kier molecular flexibility index (Phi) is 4.35. The summed E-state index contributed by atoms with van der Waals surface area (Å²) < 4.78 is 19.1.